The molecule has 25 heavy (non-hydrogen) atoms. The Morgan fingerprint density at radius 2 is 2.20 bits per heavy atom. The summed E-state index contributed by atoms with van der Waals surface area (Å²) in [5, 5.41) is 2.54. The fraction of sp³-hybridized carbons (Fsp3) is 0.286. The summed E-state index contributed by atoms with van der Waals surface area (Å²) in [5.41, 5.74) is 5.66. The highest BCUT2D eigenvalue weighted by atomic mass is 32.2. The van der Waals surface area contributed by atoms with Gasteiger partial charge in [0.1, 0.15) is 0 Å². The van der Waals surface area contributed by atoms with E-state index >= 15 is 0 Å². The molecule has 0 saturated heterocycles. The van der Waals surface area contributed by atoms with E-state index in [9.17, 15) is 0 Å². The molecule has 0 saturated carbocycles. The molecule has 0 unspecified atom stereocenters. The van der Waals surface area contributed by atoms with Gasteiger partial charge in [-0.3, -0.25) is 4.90 Å². The molecule has 0 radical (unpaired) electrons. The third-order valence-electron chi connectivity index (χ3n) is 5.42. The minimum absolute atomic E-state index is 0.505. The average Bonchev–Trinajstić information content (AvgIpc) is 3.06. The summed E-state index contributed by atoms with van der Waals surface area (Å²) in [7, 11) is 2.27. The van der Waals surface area contributed by atoms with Gasteiger partial charge in [-0.2, -0.15) is 0 Å². The van der Waals surface area contributed by atoms with Crippen molar-refractivity contribution < 1.29 is 0 Å². The van der Waals surface area contributed by atoms with Gasteiger partial charge in [-0.1, -0.05) is 24.3 Å². The first-order valence-electron chi connectivity index (χ1n) is 8.85. The predicted molar refractivity (Wildman–Crippen MR) is 105 cm³/mol. The van der Waals surface area contributed by atoms with Gasteiger partial charge in [0, 0.05) is 41.6 Å². The second-order valence-corrected chi connectivity index (χ2v) is 8.10. The molecule has 3 heterocycles. The number of fused-ring (bicyclic) bond motifs is 2. The van der Waals surface area contributed by atoms with Crippen molar-refractivity contribution >= 4 is 28.2 Å². The van der Waals surface area contributed by atoms with Gasteiger partial charge in [-0.25, -0.2) is 4.98 Å². The molecule has 1 aliphatic heterocycles. The van der Waals surface area contributed by atoms with Gasteiger partial charge in [-0.15, -0.1) is 11.8 Å². The molecule has 4 heteroatoms. The normalized spacial score (nSPS) is 22.7. The van der Waals surface area contributed by atoms with E-state index in [1.165, 1.54) is 27.6 Å². The molecule has 3 nitrogen and oxygen atoms in total. The zero-order valence-electron chi connectivity index (χ0n) is 14.3. The van der Waals surface area contributed by atoms with Crippen LogP contribution in [0.1, 0.15) is 11.1 Å². The molecule has 126 valence electrons. The second kappa shape index (κ2) is 6.04. The number of hydrogen-bond donors (Lipinski definition) is 1. The van der Waals surface area contributed by atoms with E-state index < -0.39 is 0 Å². The van der Waals surface area contributed by atoms with E-state index in [0.29, 0.717) is 12.0 Å². The van der Waals surface area contributed by atoms with Crippen LogP contribution >= 0.6 is 11.8 Å². The Morgan fingerprint density at radius 3 is 3.08 bits per heavy atom. The van der Waals surface area contributed by atoms with Gasteiger partial charge >= 0.3 is 0 Å². The lowest BCUT2D eigenvalue weighted by Crippen LogP contribution is -2.43. The largest absolute Gasteiger partial charge is 0.361 e. The minimum atomic E-state index is 0.505. The molecule has 2 atom stereocenters. The van der Waals surface area contributed by atoms with Crippen LogP contribution in [0.3, 0.4) is 0 Å². The Morgan fingerprint density at radius 1 is 1.24 bits per heavy atom. The molecular formula is C21H21N3S. The highest BCUT2D eigenvalue weighted by molar-refractivity contribution is 7.99. The predicted octanol–water partition coefficient (Wildman–Crippen LogP) is 4.22. The van der Waals surface area contributed by atoms with E-state index in [-0.39, 0.29) is 0 Å². The quantitative estimate of drug-likeness (QED) is 0.720. The van der Waals surface area contributed by atoms with Gasteiger partial charge in [0.25, 0.3) is 0 Å². The van der Waals surface area contributed by atoms with Crippen molar-refractivity contribution in [3.8, 4) is 0 Å². The second-order valence-electron chi connectivity index (χ2n) is 7.06. The van der Waals surface area contributed by atoms with Gasteiger partial charge in [-0.05, 0) is 54.3 Å². The summed E-state index contributed by atoms with van der Waals surface area (Å²) in [6.45, 7) is 1.11. The Balaban J connectivity index is 1.48. The number of benzene rings is 1. The summed E-state index contributed by atoms with van der Waals surface area (Å²) in [5.74, 6) is 1.63. The van der Waals surface area contributed by atoms with Crippen molar-refractivity contribution in [2.24, 2.45) is 5.92 Å². The molecule has 1 aromatic carbocycles. The maximum atomic E-state index is 4.44. The monoisotopic (exact) mass is 347 g/mol. The molecule has 0 amide bonds. The van der Waals surface area contributed by atoms with E-state index in [1.807, 2.05) is 24.0 Å². The number of hydrogen-bond acceptors (Lipinski definition) is 3. The van der Waals surface area contributed by atoms with Crippen LogP contribution in [0.15, 0.2) is 59.9 Å². The summed E-state index contributed by atoms with van der Waals surface area (Å²) >= 11 is 1.86. The minimum Gasteiger partial charge on any atom is -0.361 e. The SMILES string of the molecule is CN1C[C@H](CSc2ccccn2)C=C2c3cccc4[nH]cc(c34)C[C@H]21. The lowest BCUT2D eigenvalue weighted by molar-refractivity contribution is 0.253. The van der Waals surface area contributed by atoms with Crippen LogP contribution in [0.25, 0.3) is 16.5 Å². The molecule has 2 aromatic heterocycles. The van der Waals surface area contributed by atoms with Crippen LogP contribution in [0.2, 0.25) is 0 Å². The fourth-order valence-corrected chi connectivity index (χ4v) is 5.18. The van der Waals surface area contributed by atoms with Crippen LogP contribution in [-0.4, -0.2) is 40.3 Å². The number of nitrogens with zero attached hydrogens (tertiary/aromatic N) is 2. The van der Waals surface area contributed by atoms with Crippen LogP contribution in [-0.2, 0) is 6.42 Å². The number of thioether (sulfide) groups is 1. The summed E-state index contributed by atoms with van der Waals surface area (Å²) in [6.07, 6.45) is 7.71. The smallest absolute Gasteiger partial charge is 0.0960 e. The Kier molecular flexibility index (Phi) is 3.68. The third kappa shape index (κ3) is 2.60. The van der Waals surface area contributed by atoms with Crippen LogP contribution < -0.4 is 0 Å². The Labute approximate surface area is 152 Å². The van der Waals surface area contributed by atoms with Gasteiger partial charge in [0.2, 0.25) is 0 Å². The van der Waals surface area contributed by atoms with E-state index in [2.05, 4.69) is 64.5 Å². The number of H-pyrrole nitrogens is 1. The number of likely N-dealkylation sites (N-methyl/N-ethyl adjacent to an activating group) is 1. The van der Waals surface area contributed by atoms with Crippen LogP contribution in [0.5, 0.6) is 0 Å². The van der Waals surface area contributed by atoms with Crippen molar-refractivity contribution in [3.05, 3.63) is 66.0 Å². The lowest BCUT2D eigenvalue weighted by atomic mass is 9.80. The summed E-state index contributed by atoms with van der Waals surface area (Å²) in [4.78, 5) is 10.4. The zero-order valence-corrected chi connectivity index (χ0v) is 15.1. The number of aromatic amines is 1. The molecule has 1 aliphatic carbocycles. The van der Waals surface area contributed by atoms with Gasteiger partial charge in [0.05, 0.1) is 5.03 Å². The Bertz CT molecular complexity index is 944. The van der Waals surface area contributed by atoms with Crippen molar-refractivity contribution in [1.82, 2.24) is 14.9 Å². The zero-order chi connectivity index (χ0) is 16.8. The van der Waals surface area contributed by atoms with Crippen molar-refractivity contribution in [3.63, 3.8) is 0 Å². The topological polar surface area (TPSA) is 31.9 Å². The first kappa shape index (κ1) is 15.2. The number of pyridine rings is 1. The first-order chi connectivity index (χ1) is 12.3. The van der Waals surface area contributed by atoms with Crippen molar-refractivity contribution in [1.29, 1.82) is 0 Å². The molecular weight excluding hydrogens is 326 g/mol. The highest BCUT2D eigenvalue weighted by Crippen LogP contribution is 2.41. The highest BCUT2D eigenvalue weighted by Gasteiger charge is 2.33. The van der Waals surface area contributed by atoms with Crippen LogP contribution in [0, 0.1) is 5.92 Å². The molecule has 0 bridgehead atoms. The summed E-state index contributed by atoms with van der Waals surface area (Å²) in [6, 6.07) is 13.3. The molecule has 1 N–H and O–H groups in total. The van der Waals surface area contributed by atoms with Crippen molar-refractivity contribution in [2.75, 3.05) is 19.3 Å². The van der Waals surface area contributed by atoms with E-state index in [0.717, 1.165) is 23.7 Å². The number of nitrogens with one attached hydrogen (secondary N) is 1. The molecule has 0 spiro atoms. The maximum absolute atomic E-state index is 4.44. The number of rotatable bonds is 3. The molecule has 0 fully saturated rings. The van der Waals surface area contributed by atoms with Crippen LogP contribution in [0.4, 0.5) is 0 Å². The fourth-order valence-electron chi connectivity index (χ4n) is 4.28. The van der Waals surface area contributed by atoms with Crippen molar-refractivity contribution in [2.45, 2.75) is 17.5 Å². The van der Waals surface area contributed by atoms with E-state index in [1.54, 1.807) is 0 Å². The number of aromatic nitrogens is 2. The summed E-state index contributed by atoms with van der Waals surface area (Å²) < 4.78 is 0. The maximum Gasteiger partial charge on any atom is 0.0960 e. The Hall–Kier alpha value is -2.04. The average molecular weight is 347 g/mol. The van der Waals surface area contributed by atoms with Gasteiger partial charge < -0.3 is 4.98 Å². The molecule has 3 aromatic rings. The standard InChI is InChI=1S/C21H21N3S/c1-24-12-14(13-25-20-7-2-3-8-22-20)9-17-16-5-4-6-18-21(16)15(11-23-18)10-19(17)24/h2-9,11,14,19,23H,10,12-13H2,1H3/t14-,19-/m1/s1. The van der Waals surface area contributed by atoms with E-state index in [4.69, 9.17) is 0 Å². The molecule has 5 rings (SSSR count). The van der Waals surface area contributed by atoms with Gasteiger partial charge in [0.15, 0.2) is 0 Å². The molecule has 2 aliphatic rings. The third-order valence-corrected chi connectivity index (χ3v) is 6.56. The first-order valence-corrected chi connectivity index (χ1v) is 9.83. The lowest BCUT2D eigenvalue weighted by Gasteiger charge is -2.39.